The van der Waals surface area contributed by atoms with Crippen LogP contribution in [-0.2, 0) is 0 Å². The molecule has 5 nitrogen and oxygen atoms in total. The van der Waals surface area contributed by atoms with E-state index in [-0.39, 0.29) is 5.28 Å². The van der Waals surface area contributed by atoms with Crippen LogP contribution in [0.4, 0.5) is 11.9 Å². The second-order valence-corrected chi connectivity index (χ2v) is 6.04. The number of halogens is 1. The van der Waals surface area contributed by atoms with E-state index < -0.39 is 0 Å². The van der Waals surface area contributed by atoms with E-state index in [9.17, 15) is 0 Å². The van der Waals surface area contributed by atoms with E-state index in [1.54, 1.807) is 0 Å². The molecule has 1 heterocycles. The van der Waals surface area contributed by atoms with E-state index in [2.05, 4.69) is 33.7 Å². The highest BCUT2D eigenvalue weighted by molar-refractivity contribution is 6.28. The monoisotopic (exact) mass is 283 g/mol. The first-order chi connectivity index (χ1) is 8.97. The van der Waals surface area contributed by atoms with Crippen molar-refractivity contribution in [1.82, 2.24) is 15.0 Å². The fraction of sp³-hybridized carbons (Fsp3) is 0.769. The van der Waals surface area contributed by atoms with Crippen molar-refractivity contribution < 1.29 is 0 Å². The van der Waals surface area contributed by atoms with Crippen LogP contribution >= 0.6 is 11.6 Å². The Morgan fingerprint density at radius 1 is 1.16 bits per heavy atom. The molecule has 19 heavy (non-hydrogen) atoms. The Bertz CT molecular complexity index is 431. The molecule has 106 valence electrons. The molecule has 0 aromatic carbocycles. The molecule has 0 atom stereocenters. The molecule has 1 aromatic rings. The fourth-order valence-electron chi connectivity index (χ4n) is 1.89. The largest absolute Gasteiger partial charge is 0.347 e. The summed E-state index contributed by atoms with van der Waals surface area (Å²) in [4.78, 5) is 17.1. The molecular weight excluding hydrogens is 262 g/mol. The van der Waals surface area contributed by atoms with Crippen LogP contribution in [0.1, 0.15) is 33.1 Å². The standard InChI is InChI=1S/C13H22ClN5/c1-9(2)7-8-19(10-5-6-10)13-16-11(14)15-12(17-13)18(3)4/h9-10H,5-8H2,1-4H3. The Hall–Kier alpha value is -1.10. The lowest BCUT2D eigenvalue weighted by atomic mass is 10.1. The summed E-state index contributed by atoms with van der Waals surface area (Å²) < 4.78 is 0. The minimum Gasteiger partial charge on any atom is -0.347 e. The van der Waals surface area contributed by atoms with Gasteiger partial charge in [0.15, 0.2) is 0 Å². The number of anilines is 2. The van der Waals surface area contributed by atoms with Crippen LogP contribution in [0.3, 0.4) is 0 Å². The van der Waals surface area contributed by atoms with Gasteiger partial charge < -0.3 is 9.80 Å². The van der Waals surface area contributed by atoms with Crippen molar-refractivity contribution in [3.05, 3.63) is 5.28 Å². The van der Waals surface area contributed by atoms with Crippen LogP contribution in [0.15, 0.2) is 0 Å². The summed E-state index contributed by atoms with van der Waals surface area (Å²) in [5, 5.41) is 0.267. The second-order valence-electron chi connectivity index (χ2n) is 5.71. The van der Waals surface area contributed by atoms with Gasteiger partial charge in [0, 0.05) is 26.7 Å². The van der Waals surface area contributed by atoms with Crippen molar-refractivity contribution in [1.29, 1.82) is 0 Å². The molecule has 1 aromatic heterocycles. The molecule has 0 N–H and O–H groups in total. The van der Waals surface area contributed by atoms with Crippen molar-refractivity contribution in [2.24, 2.45) is 5.92 Å². The summed E-state index contributed by atoms with van der Waals surface area (Å²) in [6, 6.07) is 0.576. The fourth-order valence-corrected chi connectivity index (χ4v) is 2.04. The highest BCUT2D eigenvalue weighted by atomic mass is 35.5. The van der Waals surface area contributed by atoms with Crippen LogP contribution in [0.25, 0.3) is 0 Å². The maximum Gasteiger partial charge on any atom is 0.231 e. The average molecular weight is 284 g/mol. The maximum absolute atomic E-state index is 6.01. The van der Waals surface area contributed by atoms with Gasteiger partial charge in [0.1, 0.15) is 0 Å². The lowest BCUT2D eigenvalue weighted by Gasteiger charge is -2.24. The van der Waals surface area contributed by atoms with Crippen molar-refractivity contribution in [3.8, 4) is 0 Å². The van der Waals surface area contributed by atoms with Gasteiger partial charge in [0.25, 0.3) is 0 Å². The Kier molecular flexibility index (Phi) is 4.45. The van der Waals surface area contributed by atoms with Gasteiger partial charge in [-0.3, -0.25) is 0 Å². The quantitative estimate of drug-likeness (QED) is 0.803. The van der Waals surface area contributed by atoms with Crippen LogP contribution in [0.5, 0.6) is 0 Å². The average Bonchev–Trinajstić information content (AvgIpc) is 3.12. The molecule has 0 saturated heterocycles. The molecule has 1 saturated carbocycles. The summed E-state index contributed by atoms with van der Waals surface area (Å²) in [7, 11) is 3.82. The van der Waals surface area contributed by atoms with Crippen LogP contribution in [0.2, 0.25) is 5.28 Å². The number of nitrogens with zero attached hydrogens (tertiary/aromatic N) is 5. The van der Waals surface area contributed by atoms with Gasteiger partial charge in [-0.25, -0.2) is 0 Å². The van der Waals surface area contributed by atoms with E-state index in [0.717, 1.165) is 13.0 Å². The summed E-state index contributed by atoms with van der Waals surface area (Å²) in [5.41, 5.74) is 0. The summed E-state index contributed by atoms with van der Waals surface area (Å²) >= 11 is 6.01. The van der Waals surface area contributed by atoms with E-state index in [1.807, 2.05) is 19.0 Å². The highest BCUT2D eigenvalue weighted by Gasteiger charge is 2.31. The van der Waals surface area contributed by atoms with Gasteiger partial charge in [0.05, 0.1) is 0 Å². The van der Waals surface area contributed by atoms with Crippen molar-refractivity contribution in [2.75, 3.05) is 30.4 Å². The van der Waals surface area contributed by atoms with Gasteiger partial charge >= 0.3 is 0 Å². The number of hydrogen-bond donors (Lipinski definition) is 0. The predicted molar refractivity (Wildman–Crippen MR) is 79.0 cm³/mol. The number of aromatic nitrogens is 3. The third-order valence-corrected chi connectivity index (χ3v) is 3.35. The van der Waals surface area contributed by atoms with E-state index in [1.165, 1.54) is 12.8 Å². The predicted octanol–water partition coefficient (Wildman–Crippen LogP) is 2.61. The normalized spacial score (nSPS) is 14.8. The first-order valence-corrected chi connectivity index (χ1v) is 7.20. The molecule has 0 aliphatic heterocycles. The summed E-state index contributed by atoms with van der Waals surface area (Å²) in [6.07, 6.45) is 3.58. The van der Waals surface area contributed by atoms with Crippen LogP contribution in [0, 0.1) is 5.92 Å². The maximum atomic E-state index is 6.01. The first kappa shape index (κ1) is 14.3. The Balaban J connectivity index is 2.20. The SMILES string of the molecule is CC(C)CCN(c1nc(Cl)nc(N(C)C)n1)C1CC1. The molecule has 1 fully saturated rings. The third kappa shape index (κ3) is 3.93. The molecule has 0 amide bonds. The second kappa shape index (κ2) is 5.90. The molecule has 0 spiro atoms. The third-order valence-electron chi connectivity index (χ3n) is 3.18. The van der Waals surface area contributed by atoms with Crippen LogP contribution < -0.4 is 9.80 Å². The smallest absolute Gasteiger partial charge is 0.231 e. The molecule has 2 rings (SSSR count). The van der Waals surface area contributed by atoms with E-state index in [0.29, 0.717) is 23.9 Å². The molecule has 0 radical (unpaired) electrons. The summed E-state index contributed by atoms with van der Waals surface area (Å²) in [6.45, 7) is 5.45. The summed E-state index contributed by atoms with van der Waals surface area (Å²) in [5.74, 6) is 2.00. The molecule has 0 bridgehead atoms. The zero-order chi connectivity index (χ0) is 14.0. The Morgan fingerprint density at radius 3 is 2.32 bits per heavy atom. The lowest BCUT2D eigenvalue weighted by Crippen LogP contribution is -2.30. The zero-order valence-corrected chi connectivity index (χ0v) is 12.9. The topological polar surface area (TPSA) is 45.2 Å². The highest BCUT2D eigenvalue weighted by Crippen LogP contribution is 2.31. The van der Waals surface area contributed by atoms with Gasteiger partial charge in [-0.1, -0.05) is 13.8 Å². The Labute approximate surface area is 120 Å². The zero-order valence-electron chi connectivity index (χ0n) is 12.1. The van der Waals surface area contributed by atoms with Crippen molar-refractivity contribution >= 4 is 23.5 Å². The van der Waals surface area contributed by atoms with Gasteiger partial charge in [-0.15, -0.1) is 0 Å². The molecule has 1 aliphatic rings. The van der Waals surface area contributed by atoms with Crippen molar-refractivity contribution in [2.45, 2.75) is 39.2 Å². The number of hydrogen-bond acceptors (Lipinski definition) is 5. The van der Waals surface area contributed by atoms with Gasteiger partial charge in [-0.2, -0.15) is 15.0 Å². The van der Waals surface area contributed by atoms with E-state index in [4.69, 9.17) is 11.6 Å². The number of rotatable bonds is 6. The minimum absolute atomic E-state index is 0.267. The molecular formula is C13H22ClN5. The minimum atomic E-state index is 0.267. The molecule has 6 heteroatoms. The molecule has 1 aliphatic carbocycles. The Morgan fingerprint density at radius 2 is 1.79 bits per heavy atom. The van der Waals surface area contributed by atoms with Gasteiger partial charge in [-0.05, 0) is 36.8 Å². The lowest BCUT2D eigenvalue weighted by molar-refractivity contribution is 0.565. The van der Waals surface area contributed by atoms with E-state index >= 15 is 0 Å². The van der Waals surface area contributed by atoms with Gasteiger partial charge in [0.2, 0.25) is 17.2 Å². The molecule has 0 unspecified atom stereocenters. The van der Waals surface area contributed by atoms with Crippen molar-refractivity contribution in [3.63, 3.8) is 0 Å². The first-order valence-electron chi connectivity index (χ1n) is 6.83. The van der Waals surface area contributed by atoms with Crippen LogP contribution in [-0.4, -0.2) is 41.6 Å².